The van der Waals surface area contributed by atoms with Crippen molar-refractivity contribution in [1.29, 1.82) is 0 Å². The molecule has 0 radical (unpaired) electrons. The van der Waals surface area contributed by atoms with E-state index in [2.05, 4.69) is 5.32 Å². The normalized spacial score (nSPS) is 28.2. The van der Waals surface area contributed by atoms with Gasteiger partial charge in [-0.25, -0.2) is 4.79 Å². The number of alkyl halides is 2. The lowest BCUT2D eigenvalue weighted by molar-refractivity contribution is -0.123. The first-order chi connectivity index (χ1) is 17.2. The van der Waals surface area contributed by atoms with Crippen LogP contribution in [0.1, 0.15) is 34.1 Å². The Morgan fingerprint density at radius 3 is 1.94 bits per heavy atom. The predicted octanol–water partition coefficient (Wildman–Crippen LogP) is 3.65. The van der Waals surface area contributed by atoms with Crippen LogP contribution in [0.25, 0.3) is 0 Å². The van der Waals surface area contributed by atoms with E-state index in [1.54, 1.807) is 24.3 Å². The molecule has 8 nitrogen and oxygen atoms in total. The number of carbonyl (C=O) groups is 5. The zero-order valence-corrected chi connectivity index (χ0v) is 20.7. The highest BCUT2D eigenvalue weighted by molar-refractivity contribution is 6.32. The molecule has 1 heterocycles. The van der Waals surface area contributed by atoms with Crippen molar-refractivity contribution < 1.29 is 28.7 Å². The fourth-order valence-electron chi connectivity index (χ4n) is 5.55. The second-order valence-corrected chi connectivity index (χ2v) is 10.3. The zero-order valence-electron chi connectivity index (χ0n) is 19.1. The summed E-state index contributed by atoms with van der Waals surface area (Å²) in [6.45, 7) is 0.934. The summed E-state index contributed by atoms with van der Waals surface area (Å²) in [7, 11) is 0. The number of fused-ring (bicyclic) bond motifs is 5. The first kappa shape index (κ1) is 24.5. The third kappa shape index (κ3) is 4.08. The summed E-state index contributed by atoms with van der Waals surface area (Å²) in [4.78, 5) is 63.2. The fraction of sp³-hybridized carbons (Fsp3) is 0.346. The Bertz CT molecular complexity index is 1230. The number of ketones is 1. The number of amides is 3. The molecule has 6 atom stereocenters. The minimum Gasteiger partial charge on any atom is -0.452 e. The van der Waals surface area contributed by atoms with Crippen molar-refractivity contribution in [3.63, 3.8) is 0 Å². The summed E-state index contributed by atoms with van der Waals surface area (Å²) < 4.78 is 5.07. The van der Waals surface area contributed by atoms with Crippen LogP contribution in [-0.2, 0) is 19.1 Å². The van der Waals surface area contributed by atoms with E-state index in [1.165, 1.54) is 31.2 Å². The molecule has 1 aliphatic heterocycles. The van der Waals surface area contributed by atoms with Gasteiger partial charge in [-0.2, -0.15) is 0 Å². The number of imide groups is 1. The minimum atomic E-state index is -0.729. The Hall–Kier alpha value is -3.23. The van der Waals surface area contributed by atoms with Gasteiger partial charge < -0.3 is 10.1 Å². The summed E-state index contributed by atoms with van der Waals surface area (Å²) in [6, 6.07) is 12.2. The first-order valence-corrected chi connectivity index (χ1v) is 12.4. The maximum Gasteiger partial charge on any atom is 0.338 e. The van der Waals surface area contributed by atoms with Crippen molar-refractivity contribution in [2.75, 3.05) is 16.8 Å². The van der Waals surface area contributed by atoms with Gasteiger partial charge in [0.25, 0.3) is 5.91 Å². The molecule has 2 aliphatic carbocycles. The van der Waals surface area contributed by atoms with Crippen molar-refractivity contribution in [2.24, 2.45) is 23.7 Å². The lowest BCUT2D eigenvalue weighted by Crippen LogP contribution is -2.37. The van der Waals surface area contributed by atoms with Gasteiger partial charge in [-0.15, -0.1) is 23.2 Å². The number of anilines is 2. The third-order valence-corrected chi connectivity index (χ3v) is 8.58. The molecule has 10 heteroatoms. The molecule has 186 valence electrons. The number of rotatable bonds is 6. The highest BCUT2D eigenvalue weighted by Gasteiger charge is 2.66. The van der Waals surface area contributed by atoms with E-state index in [4.69, 9.17) is 27.9 Å². The Kier molecular flexibility index (Phi) is 6.34. The molecule has 0 aromatic heterocycles. The lowest BCUT2D eigenvalue weighted by Gasteiger charge is -2.28. The molecule has 2 aromatic rings. The average molecular weight is 529 g/mol. The summed E-state index contributed by atoms with van der Waals surface area (Å²) in [6.07, 6.45) is 0.686. The van der Waals surface area contributed by atoms with Gasteiger partial charge in [0.15, 0.2) is 12.4 Å². The molecule has 2 bridgehead atoms. The number of Topliss-reactive ketones (excluding diaryl/α,β-unsaturated/α-hetero) is 1. The van der Waals surface area contributed by atoms with Gasteiger partial charge in [0.2, 0.25) is 11.8 Å². The number of esters is 1. The zero-order chi connectivity index (χ0) is 25.7. The lowest BCUT2D eigenvalue weighted by atomic mass is 9.80. The van der Waals surface area contributed by atoms with Crippen LogP contribution in [0, 0.1) is 23.7 Å². The van der Waals surface area contributed by atoms with E-state index in [1.807, 2.05) is 0 Å². The quantitative estimate of drug-likeness (QED) is 0.265. The second-order valence-electron chi connectivity index (χ2n) is 9.32. The van der Waals surface area contributed by atoms with Crippen molar-refractivity contribution in [3.05, 3.63) is 59.7 Å². The van der Waals surface area contributed by atoms with E-state index >= 15 is 0 Å². The number of nitrogens with zero attached hydrogens (tertiary/aromatic N) is 1. The number of benzene rings is 2. The Morgan fingerprint density at radius 1 is 0.889 bits per heavy atom. The highest BCUT2D eigenvalue weighted by atomic mass is 35.5. The van der Waals surface area contributed by atoms with Crippen LogP contribution in [0.2, 0.25) is 0 Å². The molecule has 1 N–H and O–H groups in total. The van der Waals surface area contributed by atoms with E-state index in [0.717, 1.165) is 4.90 Å². The van der Waals surface area contributed by atoms with Crippen LogP contribution in [0.15, 0.2) is 48.5 Å². The van der Waals surface area contributed by atoms with Crippen LogP contribution in [0.4, 0.5) is 11.4 Å². The molecular weight excluding hydrogens is 507 g/mol. The predicted molar refractivity (Wildman–Crippen MR) is 132 cm³/mol. The fourth-order valence-corrected chi connectivity index (χ4v) is 6.44. The van der Waals surface area contributed by atoms with E-state index in [-0.39, 0.29) is 45.8 Å². The number of hydrogen-bond donors (Lipinski definition) is 1. The number of halogens is 2. The van der Waals surface area contributed by atoms with Gasteiger partial charge in [0.05, 0.1) is 33.8 Å². The van der Waals surface area contributed by atoms with Gasteiger partial charge >= 0.3 is 5.97 Å². The number of ether oxygens (including phenoxy) is 1. The topological polar surface area (TPSA) is 110 Å². The highest BCUT2D eigenvalue weighted by Crippen LogP contribution is 2.59. The van der Waals surface area contributed by atoms with Crippen LogP contribution >= 0.6 is 23.2 Å². The molecule has 0 unspecified atom stereocenters. The molecule has 36 heavy (non-hydrogen) atoms. The molecule has 1 saturated heterocycles. The maximum atomic E-state index is 13.1. The number of nitrogens with one attached hydrogen (secondary N) is 1. The van der Waals surface area contributed by atoms with Crippen LogP contribution < -0.4 is 10.2 Å². The number of carbonyl (C=O) groups excluding carboxylic acids is 5. The summed E-state index contributed by atoms with van der Waals surface area (Å²) in [5.74, 6) is -3.06. The van der Waals surface area contributed by atoms with E-state index in [9.17, 15) is 24.0 Å². The third-order valence-electron chi connectivity index (χ3n) is 7.26. The van der Waals surface area contributed by atoms with Crippen molar-refractivity contribution in [3.8, 4) is 0 Å². The number of hydrogen-bond acceptors (Lipinski definition) is 6. The Labute approximate surface area is 216 Å². The molecule has 2 aromatic carbocycles. The van der Waals surface area contributed by atoms with Gasteiger partial charge in [-0.3, -0.25) is 24.1 Å². The van der Waals surface area contributed by atoms with Gasteiger partial charge in [0, 0.05) is 11.3 Å². The van der Waals surface area contributed by atoms with E-state index in [0.29, 0.717) is 23.4 Å². The molecule has 3 amide bonds. The maximum absolute atomic E-state index is 13.1. The van der Waals surface area contributed by atoms with E-state index < -0.39 is 30.3 Å². The summed E-state index contributed by atoms with van der Waals surface area (Å²) in [5.41, 5.74) is 1.50. The summed E-state index contributed by atoms with van der Waals surface area (Å²) >= 11 is 12.8. The largest absolute Gasteiger partial charge is 0.452 e. The molecule has 3 fully saturated rings. The molecule has 3 aliphatic rings. The average Bonchev–Trinajstić information content (AvgIpc) is 3.47. The Balaban J connectivity index is 1.19. The molecule has 2 saturated carbocycles. The van der Waals surface area contributed by atoms with Crippen molar-refractivity contribution >= 4 is 64.1 Å². The van der Waals surface area contributed by atoms with Crippen molar-refractivity contribution in [1.82, 2.24) is 0 Å². The van der Waals surface area contributed by atoms with Crippen LogP contribution in [0.5, 0.6) is 0 Å². The molecule has 0 spiro atoms. The standard InChI is InChI=1S/C26H22Cl2N2O6/c1-12(31)13-2-6-15(7-3-13)29-19(32)11-36-26(35)14-4-8-16(9-5-14)30-24(33)20-17-10-18(21(20)25(30)34)23(28)22(17)27/h2-9,17-18,20-23H,10-11H2,1H3,(H,29,32)/t17-,18-,20-,21-,22-,23+/m1/s1. The smallest absolute Gasteiger partial charge is 0.338 e. The first-order valence-electron chi connectivity index (χ1n) is 11.5. The summed E-state index contributed by atoms with van der Waals surface area (Å²) in [5, 5.41) is 1.92. The van der Waals surface area contributed by atoms with Crippen LogP contribution in [-0.4, -0.2) is 46.8 Å². The molecular formula is C26H22Cl2N2O6. The Morgan fingerprint density at radius 2 is 1.42 bits per heavy atom. The van der Waals surface area contributed by atoms with Gasteiger partial charge in [-0.1, -0.05) is 0 Å². The minimum absolute atomic E-state index is 0.0888. The SMILES string of the molecule is CC(=O)c1ccc(NC(=O)COC(=O)c2ccc(N3C(=O)[C@@H]4[C@H]5C[C@@H]([C@@H](Cl)[C@H]5Cl)[C@H]4C3=O)cc2)cc1. The van der Waals surface area contributed by atoms with Gasteiger partial charge in [-0.05, 0) is 73.7 Å². The monoisotopic (exact) mass is 528 g/mol. The van der Waals surface area contributed by atoms with Crippen LogP contribution in [0.3, 0.4) is 0 Å². The van der Waals surface area contributed by atoms with Crippen molar-refractivity contribution in [2.45, 2.75) is 24.1 Å². The van der Waals surface area contributed by atoms with Gasteiger partial charge in [0.1, 0.15) is 0 Å². The molecule has 5 rings (SSSR count). The second kappa shape index (κ2) is 9.33.